The minimum absolute atomic E-state index is 0.266. The fourth-order valence-electron chi connectivity index (χ4n) is 2.54. The van der Waals surface area contributed by atoms with Crippen molar-refractivity contribution >= 4 is 15.9 Å². The molecular weight excluding hydrogens is 262 g/mol. The Kier molecular flexibility index (Phi) is 3.15. The molecule has 0 amide bonds. The van der Waals surface area contributed by atoms with Crippen molar-refractivity contribution in [3.63, 3.8) is 0 Å². The van der Waals surface area contributed by atoms with Crippen molar-refractivity contribution in [2.75, 3.05) is 6.54 Å². The predicted octanol–water partition coefficient (Wildman–Crippen LogP) is 3.99. The molecule has 1 atom stereocenters. The first-order chi connectivity index (χ1) is 7.39. The van der Waals surface area contributed by atoms with Gasteiger partial charge < -0.3 is 5.32 Å². The monoisotopic (exact) mass is 281 g/mol. The fourth-order valence-corrected chi connectivity index (χ4v) is 3.33. The summed E-state index contributed by atoms with van der Waals surface area (Å²) in [4.78, 5) is 0. The van der Waals surface area contributed by atoms with Crippen LogP contribution in [0.5, 0.6) is 0 Å². The van der Waals surface area contributed by atoms with Gasteiger partial charge in [-0.3, -0.25) is 0 Å². The molecule has 1 aromatic rings. The van der Waals surface area contributed by atoms with Crippen molar-refractivity contribution in [1.82, 2.24) is 5.32 Å². The predicted molar refractivity (Wildman–Crippen MR) is 72.8 cm³/mol. The molecule has 0 spiro atoms. The van der Waals surface area contributed by atoms with Crippen molar-refractivity contribution in [2.24, 2.45) is 5.41 Å². The summed E-state index contributed by atoms with van der Waals surface area (Å²) in [5.74, 6) is 0. The van der Waals surface area contributed by atoms with E-state index in [2.05, 4.69) is 61.1 Å². The van der Waals surface area contributed by atoms with Crippen LogP contribution in [-0.4, -0.2) is 6.54 Å². The highest BCUT2D eigenvalue weighted by Gasteiger charge is 2.30. The van der Waals surface area contributed by atoms with Gasteiger partial charge in [0.1, 0.15) is 0 Å². The highest BCUT2D eigenvalue weighted by atomic mass is 79.9. The molecule has 1 nitrogen and oxygen atoms in total. The van der Waals surface area contributed by atoms with E-state index >= 15 is 0 Å². The largest absolute Gasteiger partial charge is 0.309 e. The third-order valence-electron chi connectivity index (χ3n) is 3.27. The molecule has 1 N–H and O–H groups in total. The second-order valence-electron chi connectivity index (χ2n) is 5.82. The molecule has 1 heterocycles. The number of halogens is 1. The average molecular weight is 282 g/mol. The van der Waals surface area contributed by atoms with Crippen LogP contribution in [0, 0.1) is 12.3 Å². The van der Waals surface area contributed by atoms with Crippen LogP contribution in [0.2, 0.25) is 0 Å². The van der Waals surface area contributed by atoms with Gasteiger partial charge in [0.25, 0.3) is 0 Å². The van der Waals surface area contributed by atoms with E-state index in [1.54, 1.807) is 0 Å². The average Bonchev–Trinajstić information content (AvgIpc) is 2.15. The van der Waals surface area contributed by atoms with Crippen molar-refractivity contribution < 1.29 is 0 Å². The molecule has 0 aliphatic carbocycles. The van der Waals surface area contributed by atoms with Gasteiger partial charge in [0.2, 0.25) is 0 Å². The Morgan fingerprint density at radius 3 is 2.62 bits per heavy atom. The molecule has 2 rings (SSSR count). The number of benzene rings is 1. The van der Waals surface area contributed by atoms with E-state index in [1.807, 2.05) is 0 Å². The molecule has 0 saturated heterocycles. The first-order valence-corrected chi connectivity index (χ1v) is 6.71. The van der Waals surface area contributed by atoms with Crippen molar-refractivity contribution in [3.8, 4) is 0 Å². The van der Waals surface area contributed by atoms with Crippen LogP contribution in [0.4, 0.5) is 0 Å². The highest BCUT2D eigenvalue weighted by molar-refractivity contribution is 9.10. The number of fused-ring (bicyclic) bond motifs is 1. The maximum Gasteiger partial charge on any atom is 0.0372 e. The second kappa shape index (κ2) is 4.15. The molecule has 1 aliphatic rings. The Hall–Kier alpha value is -0.340. The lowest BCUT2D eigenvalue weighted by molar-refractivity contribution is 0.263. The zero-order valence-corrected chi connectivity index (χ0v) is 12.1. The fraction of sp³-hybridized carbons (Fsp3) is 0.571. The molecule has 0 aromatic heterocycles. The zero-order valence-electron chi connectivity index (χ0n) is 10.5. The van der Waals surface area contributed by atoms with Gasteiger partial charge in [0.15, 0.2) is 0 Å². The molecule has 16 heavy (non-hydrogen) atoms. The highest BCUT2D eigenvalue weighted by Crippen LogP contribution is 2.39. The Bertz CT molecular complexity index is 404. The third-order valence-corrected chi connectivity index (χ3v) is 3.98. The van der Waals surface area contributed by atoms with Gasteiger partial charge in [-0.25, -0.2) is 0 Å². The lowest BCUT2D eigenvalue weighted by Crippen LogP contribution is -2.38. The van der Waals surface area contributed by atoms with Crippen LogP contribution < -0.4 is 5.32 Å². The Balaban J connectivity index is 2.54. The summed E-state index contributed by atoms with van der Waals surface area (Å²) >= 11 is 3.70. The van der Waals surface area contributed by atoms with E-state index in [9.17, 15) is 0 Å². The summed E-state index contributed by atoms with van der Waals surface area (Å²) in [7, 11) is 0. The summed E-state index contributed by atoms with van der Waals surface area (Å²) in [6.45, 7) is 10.2. The number of rotatable bonds is 0. The quantitative estimate of drug-likeness (QED) is 0.758. The Morgan fingerprint density at radius 1 is 1.31 bits per heavy atom. The summed E-state index contributed by atoms with van der Waals surface area (Å²) in [6.07, 6.45) is 1.13. The standard InChI is InChI=1S/C14H20BrN/c1-9-7-11-10(12(15)8-9)5-6-16-13(11)14(2,3)4/h7-8,13,16H,5-6H2,1-4H3. The molecule has 1 unspecified atom stereocenters. The molecule has 0 radical (unpaired) electrons. The van der Waals surface area contributed by atoms with Crippen LogP contribution in [-0.2, 0) is 6.42 Å². The molecule has 2 heteroatoms. The Morgan fingerprint density at radius 2 is 2.00 bits per heavy atom. The van der Waals surface area contributed by atoms with Crippen molar-refractivity contribution in [3.05, 3.63) is 33.3 Å². The van der Waals surface area contributed by atoms with E-state index in [0.717, 1.165) is 13.0 Å². The van der Waals surface area contributed by atoms with Gasteiger partial charge in [0, 0.05) is 10.5 Å². The van der Waals surface area contributed by atoms with E-state index in [0.29, 0.717) is 6.04 Å². The molecule has 0 saturated carbocycles. The SMILES string of the molecule is Cc1cc(Br)c2c(c1)C(C(C)(C)C)NCC2. The molecule has 0 fully saturated rings. The summed E-state index contributed by atoms with van der Waals surface area (Å²) in [5.41, 5.74) is 4.57. The summed E-state index contributed by atoms with van der Waals surface area (Å²) in [5, 5.41) is 3.65. The number of nitrogens with one attached hydrogen (secondary N) is 1. The van der Waals surface area contributed by atoms with Crippen molar-refractivity contribution in [2.45, 2.75) is 40.2 Å². The van der Waals surface area contributed by atoms with Crippen LogP contribution in [0.15, 0.2) is 16.6 Å². The Labute approximate surface area is 107 Å². The summed E-state index contributed by atoms with van der Waals surface area (Å²) in [6, 6.07) is 5.03. The topological polar surface area (TPSA) is 12.0 Å². The zero-order chi connectivity index (χ0) is 11.9. The molecular formula is C14H20BrN. The maximum absolute atomic E-state index is 3.70. The molecule has 1 aliphatic heterocycles. The van der Waals surface area contributed by atoms with Gasteiger partial charge in [-0.1, -0.05) is 42.8 Å². The third kappa shape index (κ3) is 2.18. The minimum atomic E-state index is 0.266. The van der Waals surface area contributed by atoms with Gasteiger partial charge in [-0.2, -0.15) is 0 Å². The van der Waals surface area contributed by atoms with Gasteiger partial charge in [-0.15, -0.1) is 0 Å². The van der Waals surface area contributed by atoms with E-state index in [4.69, 9.17) is 0 Å². The van der Waals surface area contributed by atoms with Crippen LogP contribution in [0.1, 0.15) is 43.5 Å². The van der Waals surface area contributed by atoms with Crippen molar-refractivity contribution in [1.29, 1.82) is 0 Å². The lowest BCUT2D eigenvalue weighted by atomic mass is 9.78. The van der Waals surface area contributed by atoms with E-state index in [-0.39, 0.29) is 5.41 Å². The minimum Gasteiger partial charge on any atom is -0.309 e. The maximum atomic E-state index is 3.70. The van der Waals surface area contributed by atoms with E-state index in [1.165, 1.54) is 21.2 Å². The van der Waals surface area contributed by atoms with E-state index < -0.39 is 0 Å². The molecule has 88 valence electrons. The molecule has 0 bridgehead atoms. The normalized spacial score (nSPS) is 20.7. The smallest absolute Gasteiger partial charge is 0.0372 e. The van der Waals surface area contributed by atoms with Crippen LogP contribution in [0.3, 0.4) is 0 Å². The number of hydrogen-bond acceptors (Lipinski definition) is 1. The van der Waals surface area contributed by atoms with Crippen LogP contribution >= 0.6 is 15.9 Å². The number of aryl methyl sites for hydroxylation is 1. The summed E-state index contributed by atoms with van der Waals surface area (Å²) < 4.78 is 1.28. The first-order valence-electron chi connectivity index (χ1n) is 5.92. The second-order valence-corrected chi connectivity index (χ2v) is 6.67. The van der Waals surface area contributed by atoms with Gasteiger partial charge in [0.05, 0.1) is 0 Å². The lowest BCUT2D eigenvalue weighted by Gasteiger charge is -2.37. The van der Waals surface area contributed by atoms with Gasteiger partial charge >= 0.3 is 0 Å². The first kappa shape index (κ1) is 12.1. The van der Waals surface area contributed by atoms with Crippen LogP contribution in [0.25, 0.3) is 0 Å². The van der Waals surface area contributed by atoms with Gasteiger partial charge in [-0.05, 0) is 48.1 Å². The number of hydrogen-bond donors (Lipinski definition) is 1. The molecule has 1 aromatic carbocycles.